The molecule has 3 heteroatoms. The molecule has 86 valence electrons. The lowest BCUT2D eigenvalue weighted by atomic mass is 9.80. The SMILES string of the molecule is c1cc(N2CCC3(CCCNC3)C2)ccn1. The molecule has 1 N–H and O–H groups in total. The van der Waals surface area contributed by atoms with E-state index in [0.717, 1.165) is 0 Å². The summed E-state index contributed by atoms with van der Waals surface area (Å²) in [5, 5.41) is 3.55. The first kappa shape index (κ1) is 10.1. The van der Waals surface area contributed by atoms with Gasteiger partial charge in [-0.15, -0.1) is 0 Å². The van der Waals surface area contributed by atoms with Crippen LogP contribution in [-0.4, -0.2) is 31.2 Å². The lowest BCUT2D eigenvalue weighted by Gasteiger charge is -2.34. The maximum absolute atomic E-state index is 4.08. The van der Waals surface area contributed by atoms with Crippen molar-refractivity contribution in [2.45, 2.75) is 19.3 Å². The first-order valence-corrected chi connectivity index (χ1v) is 6.24. The van der Waals surface area contributed by atoms with Gasteiger partial charge in [-0.3, -0.25) is 4.98 Å². The summed E-state index contributed by atoms with van der Waals surface area (Å²) < 4.78 is 0. The predicted octanol–water partition coefficient (Wildman–Crippen LogP) is 1.66. The fourth-order valence-corrected chi connectivity index (χ4v) is 3.09. The van der Waals surface area contributed by atoms with Crippen LogP contribution in [0.1, 0.15) is 19.3 Å². The molecular weight excluding hydrogens is 198 g/mol. The number of pyridine rings is 1. The summed E-state index contributed by atoms with van der Waals surface area (Å²) in [4.78, 5) is 6.59. The summed E-state index contributed by atoms with van der Waals surface area (Å²) in [5.74, 6) is 0. The minimum atomic E-state index is 0.543. The van der Waals surface area contributed by atoms with Crippen molar-refractivity contribution in [3.8, 4) is 0 Å². The van der Waals surface area contributed by atoms with E-state index < -0.39 is 0 Å². The predicted molar refractivity (Wildman–Crippen MR) is 65.6 cm³/mol. The second-order valence-corrected chi connectivity index (χ2v) is 5.16. The van der Waals surface area contributed by atoms with Gasteiger partial charge in [-0.1, -0.05) is 0 Å². The van der Waals surface area contributed by atoms with Crippen LogP contribution in [0.3, 0.4) is 0 Å². The van der Waals surface area contributed by atoms with Crippen molar-refractivity contribution in [2.75, 3.05) is 31.1 Å². The molecule has 16 heavy (non-hydrogen) atoms. The van der Waals surface area contributed by atoms with Gasteiger partial charge in [0.05, 0.1) is 0 Å². The highest BCUT2D eigenvalue weighted by Crippen LogP contribution is 2.38. The number of hydrogen-bond donors (Lipinski definition) is 1. The molecule has 0 aliphatic carbocycles. The molecule has 1 spiro atoms. The molecule has 3 heterocycles. The van der Waals surface area contributed by atoms with Crippen LogP contribution in [0.4, 0.5) is 5.69 Å². The van der Waals surface area contributed by atoms with E-state index in [1.54, 1.807) is 0 Å². The Morgan fingerprint density at radius 1 is 1.25 bits per heavy atom. The van der Waals surface area contributed by atoms with Crippen molar-refractivity contribution in [3.05, 3.63) is 24.5 Å². The van der Waals surface area contributed by atoms with E-state index in [0.29, 0.717) is 5.41 Å². The van der Waals surface area contributed by atoms with Crippen LogP contribution in [0.2, 0.25) is 0 Å². The van der Waals surface area contributed by atoms with Gasteiger partial charge >= 0.3 is 0 Å². The third-order valence-electron chi connectivity index (χ3n) is 4.03. The van der Waals surface area contributed by atoms with Crippen LogP contribution in [0.5, 0.6) is 0 Å². The Bertz CT molecular complexity index is 343. The molecule has 2 fully saturated rings. The number of nitrogens with zero attached hydrogens (tertiary/aromatic N) is 2. The maximum atomic E-state index is 4.08. The van der Waals surface area contributed by atoms with Gasteiger partial charge in [-0.05, 0) is 37.9 Å². The first-order valence-electron chi connectivity index (χ1n) is 6.24. The van der Waals surface area contributed by atoms with E-state index in [-0.39, 0.29) is 0 Å². The van der Waals surface area contributed by atoms with Crippen LogP contribution >= 0.6 is 0 Å². The van der Waals surface area contributed by atoms with Gasteiger partial charge in [-0.2, -0.15) is 0 Å². The molecule has 3 nitrogen and oxygen atoms in total. The molecule has 2 aliphatic heterocycles. The standard InChI is InChI=1S/C13H19N3/c1-4-13(10-15-6-1)5-9-16(11-13)12-2-7-14-8-3-12/h2-3,7-8,15H,1,4-6,9-11H2. The summed E-state index contributed by atoms with van der Waals surface area (Å²) in [6, 6.07) is 4.24. The van der Waals surface area contributed by atoms with Crippen molar-refractivity contribution in [1.82, 2.24) is 10.3 Å². The van der Waals surface area contributed by atoms with E-state index in [1.807, 2.05) is 12.4 Å². The van der Waals surface area contributed by atoms with Crippen LogP contribution in [0, 0.1) is 5.41 Å². The smallest absolute Gasteiger partial charge is 0.0397 e. The van der Waals surface area contributed by atoms with Crippen molar-refractivity contribution in [3.63, 3.8) is 0 Å². The average molecular weight is 217 g/mol. The lowest BCUT2D eigenvalue weighted by molar-refractivity contribution is 0.239. The molecule has 2 aliphatic rings. The van der Waals surface area contributed by atoms with Crippen LogP contribution in [-0.2, 0) is 0 Å². The Hall–Kier alpha value is -1.09. The van der Waals surface area contributed by atoms with Crippen molar-refractivity contribution in [1.29, 1.82) is 0 Å². The molecule has 1 atom stereocenters. The van der Waals surface area contributed by atoms with Gasteiger partial charge in [-0.25, -0.2) is 0 Å². The summed E-state index contributed by atoms with van der Waals surface area (Å²) in [5.41, 5.74) is 1.87. The average Bonchev–Trinajstić information content (AvgIpc) is 2.75. The molecule has 0 bridgehead atoms. The maximum Gasteiger partial charge on any atom is 0.0397 e. The summed E-state index contributed by atoms with van der Waals surface area (Å²) in [6.07, 6.45) is 7.84. The summed E-state index contributed by atoms with van der Waals surface area (Å²) in [7, 11) is 0. The first-order chi connectivity index (χ1) is 7.88. The van der Waals surface area contributed by atoms with Crippen molar-refractivity contribution < 1.29 is 0 Å². The molecule has 1 aromatic heterocycles. The molecule has 0 radical (unpaired) electrons. The van der Waals surface area contributed by atoms with Crippen molar-refractivity contribution in [2.24, 2.45) is 5.41 Å². The third-order valence-corrected chi connectivity index (χ3v) is 4.03. The Morgan fingerprint density at radius 3 is 2.88 bits per heavy atom. The number of aromatic nitrogens is 1. The topological polar surface area (TPSA) is 28.2 Å². The van der Waals surface area contributed by atoms with E-state index in [1.165, 1.54) is 51.1 Å². The van der Waals surface area contributed by atoms with E-state index in [9.17, 15) is 0 Å². The molecule has 3 rings (SSSR count). The molecular formula is C13H19N3. The van der Waals surface area contributed by atoms with Crippen LogP contribution in [0.15, 0.2) is 24.5 Å². The normalized spacial score (nSPS) is 29.9. The molecule has 1 aromatic rings. The number of rotatable bonds is 1. The zero-order valence-electron chi connectivity index (χ0n) is 9.65. The number of piperidine rings is 1. The van der Waals surface area contributed by atoms with E-state index in [2.05, 4.69) is 27.3 Å². The quantitative estimate of drug-likeness (QED) is 0.775. The summed E-state index contributed by atoms with van der Waals surface area (Å²) >= 11 is 0. The highest BCUT2D eigenvalue weighted by atomic mass is 15.2. The molecule has 2 saturated heterocycles. The largest absolute Gasteiger partial charge is 0.371 e. The Morgan fingerprint density at radius 2 is 2.12 bits per heavy atom. The number of anilines is 1. The Kier molecular flexibility index (Phi) is 2.56. The minimum absolute atomic E-state index is 0.543. The van der Waals surface area contributed by atoms with Gasteiger partial charge in [0.1, 0.15) is 0 Å². The highest BCUT2D eigenvalue weighted by molar-refractivity contribution is 5.46. The Labute approximate surface area is 96.9 Å². The van der Waals surface area contributed by atoms with E-state index in [4.69, 9.17) is 0 Å². The fourth-order valence-electron chi connectivity index (χ4n) is 3.09. The third kappa shape index (κ3) is 1.80. The molecule has 0 saturated carbocycles. The minimum Gasteiger partial charge on any atom is -0.371 e. The monoisotopic (exact) mass is 217 g/mol. The zero-order chi connectivity index (χ0) is 10.8. The van der Waals surface area contributed by atoms with Gasteiger partial charge in [0.25, 0.3) is 0 Å². The van der Waals surface area contributed by atoms with E-state index >= 15 is 0 Å². The molecule has 0 amide bonds. The summed E-state index contributed by atoms with van der Waals surface area (Å²) in [6.45, 7) is 4.82. The number of hydrogen-bond acceptors (Lipinski definition) is 3. The molecule has 0 aromatic carbocycles. The highest BCUT2D eigenvalue weighted by Gasteiger charge is 2.38. The number of nitrogens with one attached hydrogen (secondary N) is 1. The zero-order valence-corrected chi connectivity index (χ0v) is 9.65. The van der Waals surface area contributed by atoms with Crippen LogP contribution in [0.25, 0.3) is 0 Å². The van der Waals surface area contributed by atoms with Gasteiger partial charge in [0.15, 0.2) is 0 Å². The Balaban J connectivity index is 1.73. The fraction of sp³-hybridized carbons (Fsp3) is 0.615. The second-order valence-electron chi connectivity index (χ2n) is 5.16. The van der Waals surface area contributed by atoms with Gasteiger partial charge < -0.3 is 10.2 Å². The molecule has 1 unspecified atom stereocenters. The van der Waals surface area contributed by atoms with Gasteiger partial charge in [0.2, 0.25) is 0 Å². The van der Waals surface area contributed by atoms with Gasteiger partial charge in [0, 0.05) is 43.1 Å². The van der Waals surface area contributed by atoms with Crippen molar-refractivity contribution >= 4 is 5.69 Å². The van der Waals surface area contributed by atoms with Crippen LogP contribution < -0.4 is 10.2 Å². The lowest BCUT2D eigenvalue weighted by Crippen LogP contribution is -2.41. The second kappa shape index (κ2) is 4.06.